The van der Waals surface area contributed by atoms with Gasteiger partial charge in [-0.1, -0.05) is 72.2 Å². The molecule has 0 saturated carbocycles. The third-order valence-corrected chi connectivity index (χ3v) is 13.1. The van der Waals surface area contributed by atoms with Crippen molar-refractivity contribution in [2.45, 2.75) is 143 Å². The van der Waals surface area contributed by atoms with Crippen LogP contribution in [-0.4, -0.2) is 128 Å². The van der Waals surface area contributed by atoms with E-state index in [9.17, 15) is 33.9 Å². The van der Waals surface area contributed by atoms with Gasteiger partial charge in [0.1, 0.15) is 36.0 Å². The van der Waals surface area contributed by atoms with Gasteiger partial charge in [-0.05, 0) is 74.0 Å². The molecule has 0 aliphatic carbocycles. The van der Waals surface area contributed by atoms with E-state index < -0.39 is 59.9 Å². The van der Waals surface area contributed by atoms with Gasteiger partial charge in [-0.15, -0.1) is 11.8 Å². The lowest BCUT2D eigenvalue weighted by Crippen LogP contribution is -2.60. The summed E-state index contributed by atoms with van der Waals surface area (Å²) in [6.45, 7) is 15.2. The fourth-order valence-corrected chi connectivity index (χ4v) is 9.00. The predicted molar refractivity (Wildman–Crippen MR) is 226 cm³/mol. The minimum atomic E-state index is -1.37. The molecular weight excluding hydrogens is 759 g/mol. The third kappa shape index (κ3) is 11.3. The van der Waals surface area contributed by atoms with E-state index >= 15 is 0 Å². The maximum absolute atomic E-state index is 14.6. The summed E-state index contributed by atoms with van der Waals surface area (Å²) in [4.78, 5) is 94.7. The van der Waals surface area contributed by atoms with Gasteiger partial charge in [0.2, 0.25) is 29.5 Å². The van der Waals surface area contributed by atoms with E-state index in [1.807, 2.05) is 40.7 Å². The maximum atomic E-state index is 14.6. The van der Waals surface area contributed by atoms with Gasteiger partial charge in [0.15, 0.2) is 0 Å². The molecule has 0 aromatic heterocycles. The number of carbonyl (C=O) groups excluding carboxylic acids is 6. The number of allylic oxidation sites excluding steroid dienone is 1. The zero-order valence-corrected chi connectivity index (χ0v) is 36.9. The predicted octanol–water partition coefficient (Wildman–Crippen LogP) is 5.63. The summed E-state index contributed by atoms with van der Waals surface area (Å²) in [6, 6.07) is 2.01. The van der Waals surface area contributed by atoms with Gasteiger partial charge >= 0.3 is 5.97 Å². The van der Waals surface area contributed by atoms with Crippen LogP contribution in [0.3, 0.4) is 0 Å². The summed E-state index contributed by atoms with van der Waals surface area (Å²) in [6.07, 6.45) is 6.75. The number of para-hydroxylation sites is 1. The number of rotatable bonds is 4. The summed E-state index contributed by atoms with van der Waals surface area (Å²) < 4.78 is 6.27. The quantitative estimate of drug-likeness (QED) is 0.381. The van der Waals surface area contributed by atoms with E-state index in [4.69, 9.17) is 9.73 Å². The fraction of sp³-hybridized carbons (Fsp3) is 0.659. The Labute approximate surface area is 349 Å². The van der Waals surface area contributed by atoms with Gasteiger partial charge in [0, 0.05) is 46.2 Å². The molecule has 3 aliphatic rings. The molecule has 1 N–H and O–H groups in total. The topological polar surface area (TPSA) is 157 Å². The smallest absolute Gasteiger partial charge is 0.329 e. The molecule has 58 heavy (non-hydrogen) atoms. The van der Waals surface area contributed by atoms with Crippen molar-refractivity contribution < 1.29 is 38.6 Å². The summed E-state index contributed by atoms with van der Waals surface area (Å²) in [5.74, 6) is -2.76. The molecule has 14 heteroatoms. The Hall–Kier alpha value is -4.20. The second-order valence-corrected chi connectivity index (χ2v) is 18.5. The largest absolute Gasteiger partial charge is 0.508 e. The molecule has 3 heterocycles. The Morgan fingerprint density at radius 1 is 1.02 bits per heavy atom. The first-order chi connectivity index (χ1) is 27.3. The summed E-state index contributed by atoms with van der Waals surface area (Å²) >= 11 is 1.59. The number of ether oxygens (including phenoxy) is 1. The number of hydrogen-bond donors (Lipinski definition) is 1. The van der Waals surface area contributed by atoms with E-state index in [1.165, 1.54) is 36.9 Å². The maximum Gasteiger partial charge on any atom is 0.329 e. The minimum absolute atomic E-state index is 0.0447. The van der Waals surface area contributed by atoms with Crippen LogP contribution >= 0.6 is 11.8 Å². The number of imide groups is 1. The minimum Gasteiger partial charge on any atom is -0.508 e. The monoisotopic (exact) mass is 823 g/mol. The number of phenolic OH excluding ortho intramolecular Hbond substituents is 1. The molecule has 3 aliphatic heterocycles. The number of esters is 1. The van der Waals surface area contributed by atoms with E-state index in [0.717, 1.165) is 16.4 Å². The van der Waals surface area contributed by atoms with Crippen LogP contribution in [-0.2, 0) is 39.9 Å². The number of likely N-dealkylation sites (N-methyl/N-ethyl adjacent to an activating group) is 2. The number of thioether (sulfide) groups is 1. The molecule has 1 fully saturated rings. The highest BCUT2D eigenvalue weighted by Gasteiger charge is 2.45. The van der Waals surface area contributed by atoms with Crippen LogP contribution in [0.2, 0.25) is 0 Å². The molecule has 4 rings (SSSR count). The first-order valence-electron chi connectivity index (χ1n) is 20.8. The summed E-state index contributed by atoms with van der Waals surface area (Å²) in [7, 11) is 2.97. The molecule has 8 atom stereocenters. The second kappa shape index (κ2) is 20.2. The fourth-order valence-electron chi connectivity index (χ4n) is 7.98. The average molecular weight is 824 g/mol. The van der Waals surface area contributed by atoms with Crippen molar-refractivity contribution in [1.29, 1.82) is 0 Å². The van der Waals surface area contributed by atoms with E-state index in [-0.39, 0.29) is 47.8 Å². The number of aromatic hydroxyl groups is 1. The molecule has 1 aromatic carbocycles. The third-order valence-electron chi connectivity index (χ3n) is 12.0. The summed E-state index contributed by atoms with van der Waals surface area (Å²) in [5, 5.41) is 11.6. The first kappa shape index (κ1) is 46.5. The van der Waals surface area contributed by atoms with Gasteiger partial charge in [-0.2, -0.15) is 0 Å². The Kier molecular flexibility index (Phi) is 16.2. The molecule has 5 amide bonds. The molecule has 0 unspecified atom stereocenters. The molecule has 1 saturated heterocycles. The number of hydrogen-bond acceptors (Lipinski definition) is 10. The van der Waals surface area contributed by atoms with Gasteiger partial charge in [-0.3, -0.25) is 33.9 Å². The van der Waals surface area contributed by atoms with Crippen LogP contribution in [0, 0.1) is 17.3 Å². The normalized spacial score (nSPS) is 29.0. The number of phenols is 1. The number of carbonyl (C=O) groups is 6. The van der Waals surface area contributed by atoms with Crippen LogP contribution < -0.4 is 0 Å². The Morgan fingerprint density at radius 2 is 1.71 bits per heavy atom. The van der Waals surface area contributed by atoms with Crippen molar-refractivity contribution in [2.75, 3.05) is 26.4 Å². The molecule has 1 aromatic rings. The molecular formula is C44H65N5O8S. The van der Waals surface area contributed by atoms with Gasteiger partial charge in [0.05, 0.1) is 11.1 Å². The zero-order chi connectivity index (χ0) is 43.1. The van der Waals surface area contributed by atoms with Crippen molar-refractivity contribution in [1.82, 2.24) is 19.6 Å². The number of nitrogens with zero attached hydrogens (tertiary/aromatic N) is 5. The lowest BCUT2D eigenvalue weighted by atomic mass is 9.83. The first-order valence-corrected chi connectivity index (χ1v) is 21.8. The summed E-state index contributed by atoms with van der Waals surface area (Å²) in [5.41, 5.74) is -0.00374. The van der Waals surface area contributed by atoms with Crippen molar-refractivity contribution in [3.05, 3.63) is 42.0 Å². The molecule has 320 valence electrons. The Bertz CT molecular complexity index is 1740. The van der Waals surface area contributed by atoms with Gasteiger partial charge in [0.25, 0.3) is 0 Å². The molecule has 0 radical (unpaired) electrons. The Morgan fingerprint density at radius 3 is 2.34 bits per heavy atom. The molecule has 0 spiro atoms. The van der Waals surface area contributed by atoms with Gasteiger partial charge in [-0.25, -0.2) is 4.79 Å². The molecule has 13 nitrogen and oxygen atoms in total. The van der Waals surface area contributed by atoms with Crippen LogP contribution in [0.25, 0.3) is 0 Å². The van der Waals surface area contributed by atoms with Crippen LogP contribution in [0.15, 0.2) is 41.4 Å². The number of aliphatic imine (C=N–C) groups is 1. The van der Waals surface area contributed by atoms with Crippen LogP contribution in [0.1, 0.15) is 106 Å². The number of fused-ring (bicyclic) bond motifs is 2. The lowest BCUT2D eigenvalue weighted by molar-refractivity contribution is -0.166. The van der Waals surface area contributed by atoms with Crippen molar-refractivity contribution >= 4 is 52.3 Å². The average Bonchev–Trinajstić information content (AvgIpc) is 3.85. The van der Waals surface area contributed by atoms with Crippen LogP contribution in [0.4, 0.5) is 0 Å². The van der Waals surface area contributed by atoms with E-state index in [1.54, 1.807) is 41.8 Å². The van der Waals surface area contributed by atoms with E-state index in [0.29, 0.717) is 50.0 Å². The SMILES string of the molecule is CC[C@H](C)[C@H]1C(=O)N2CCC[C@H]2C(=O)O[C@H](C(C)(C)C)C[C@@H](C)C/C=C/C2=N[C@@H](CCC(=O)N(C(C)=O)[C@@H](Cc3ccccc3O)C(=O)N(C)[C@@H](C)C(=O)N1C)CS2. The standard InChI is InChI=1S/C44H65N5O8S/c1-11-28(3)39-42(55)48-23-15-18-33(48)43(56)57-36(44(6,7)8)24-27(2)16-14-20-37-45-32(26-58-37)21-22-38(52)49(30(5)50)34(25-31-17-12-13-19-35(31)51)41(54)46(9)29(4)40(53)47(39)10/h12-14,17,19-20,27-29,32-34,36,39,51H,11,15-16,18,21-26H2,1-10H3/b20-14+/t27-,28-,29-,32-,33-,34-,36-,39-/m0/s1. The number of benzene rings is 1. The second-order valence-electron chi connectivity index (χ2n) is 17.5. The highest BCUT2D eigenvalue weighted by atomic mass is 32.2. The molecule has 2 bridgehead atoms. The number of amides is 5. The van der Waals surface area contributed by atoms with Gasteiger partial charge < -0.3 is 24.5 Å². The van der Waals surface area contributed by atoms with Crippen LogP contribution in [0.5, 0.6) is 5.75 Å². The van der Waals surface area contributed by atoms with Crippen molar-refractivity contribution in [3.63, 3.8) is 0 Å². The Balaban J connectivity index is 1.75. The van der Waals surface area contributed by atoms with Crippen molar-refractivity contribution in [3.8, 4) is 5.75 Å². The highest BCUT2D eigenvalue weighted by molar-refractivity contribution is 8.14. The zero-order valence-electron chi connectivity index (χ0n) is 36.1. The van der Waals surface area contributed by atoms with Crippen molar-refractivity contribution in [2.24, 2.45) is 22.2 Å². The number of cyclic esters (lactones) is 1. The lowest BCUT2D eigenvalue weighted by Gasteiger charge is -2.39. The highest BCUT2D eigenvalue weighted by Crippen LogP contribution is 2.32. The van der Waals surface area contributed by atoms with E-state index in [2.05, 4.69) is 13.0 Å².